The first-order valence-corrected chi connectivity index (χ1v) is 6.36. The van der Waals surface area contributed by atoms with E-state index < -0.39 is 0 Å². The summed E-state index contributed by atoms with van der Waals surface area (Å²) in [6.07, 6.45) is 1.24. The highest BCUT2D eigenvalue weighted by Gasteiger charge is 2.01. The van der Waals surface area contributed by atoms with Gasteiger partial charge in [0.2, 0.25) is 0 Å². The topological polar surface area (TPSA) is 17.1 Å². The van der Waals surface area contributed by atoms with E-state index in [2.05, 4.69) is 38.5 Å². The third-order valence-corrected chi connectivity index (χ3v) is 2.76. The molecule has 70 valence electrons. The van der Waals surface area contributed by atoms with Crippen molar-refractivity contribution >= 4 is 44.3 Å². The minimum absolute atomic E-state index is 0.316. The molecular formula is C10H10BrIO. The number of rotatable bonds is 4. The van der Waals surface area contributed by atoms with Gasteiger partial charge in [0.15, 0.2) is 0 Å². The molecule has 0 saturated heterocycles. The molecule has 0 unspecified atom stereocenters. The Morgan fingerprint density at radius 3 is 2.46 bits per heavy atom. The Kier molecular flexibility index (Phi) is 4.94. The molecule has 1 aromatic carbocycles. The van der Waals surface area contributed by atoms with E-state index in [1.165, 1.54) is 0 Å². The van der Waals surface area contributed by atoms with Crippen LogP contribution in [0.2, 0.25) is 0 Å². The number of alkyl halides is 1. The molecule has 0 amide bonds. The van der Waals surface area contributed by atoms with E-state index in [-0.39, 0.29) is 0 Å². The van der Waals surface area contributed by atoms with Crippen molar-refractivity contribution < 1.29 is 4.79 Å². The van der Waals surface area contributed by atoms with Crippen LogP contribution in [0.3, 0.4) is 0 Å². The molecule has 3 heteroatoms. The van der Waals surface area contributed by atoms with Gasteiger partial charge in [-0.05, 0) is 17.7 Å². The number of ketones is 1. The molecule has 13 heavy (non-hydrogen) atoms. The third-order valence-electron chi connectivity index (χ3n) is 1.69. The molecule has 0 aliphatic carbocycles. The molecule has 1 aromatic rings. The van der Waals surface area contributed by atoms with Crippen LogP contribution >= 0.6 is 38.5 Å². The maximum absolute atomic E-state index is 11.3. The molecule has 0 N–H and O–H groups in total. The van der Waals surface area contributed by atoms with Gasteiger partial charge in [-0.3, -0.25) is 4.79 Å². The summed E-state index contributed by atoms with van der Waals surface area (Å²) in [6.45, 7) is 0. The highest BCUT2D eigenvalue weighted by molar-refractivity contribution is 14.1. The largest absolute Gasteiger partial charge is 0.299 e. The SMILES string of the molecule is O=C(CCI)Cc1ccc(Br)cc1. The first-order valence-electron chi connectivity index (χ1n) is 4.04. The van der Waals surface area contributed by atoms with Gasteiger partial charge in [-0.2, -0.15) is 0 Å². The Morgan fingerprint density at radius 2 is 1.92 bits per heavy atom. The van der Waals surface area contributed by atoms with Crippen molar-refractivity contribution in [2.24, 2.45) is 0 Å². The van der Waals surface area contributed by atoms with Crippen molar-refractivity contribution in [3.8, 4) is 0 Å². The fraction of sp³-hybridized carbons (Fsp3) is 0.300. The van der Waals surface area contributed by atoms with Crippen LogP contribution in [0.4, 0.5) is 0 Å². The van der Waals surface area contributed by atoms with Gasteiger partial charge in [0, 0.05) is 21.7 Å². The Labute approximate surface area is 100 Å². The fourth-order valence-electron chi connectivity index (χ4n) is 1.02. The number of carbonyl (C=O) groups excluding carboxylic acids is 1. The summed E-state index contributed by atoms with van der Waals surface area (Å²) in [6, 6.07) is 7.89. The predicted octanol–water partition coefficient (Wildman–Crippen LogP) is 3.39. The average molecular weight is 353 g/mol. The second kappa shape index (κ2) is 5.75. The fourth-order valence-corrected chi connectivity index (χ4v) is 1.89. The van der Waals surface area contributed by atoms with Gasteiger partial charge >= 0.3 is 0 Å². The van der Waals surface area contributed by atoms with Gasteiger partial charge in [-0.15, -0.1) is 0 Å². The number of hydrogen-bond donors (Lipinski definition) is 0. The van der Waals surface area contributed by atoms with E-state index >= 15 is 0 Å². The van der Waals surface area contributed by atoms with Gasteiger partial charge in [0.25, 0.3) is 0 Å². The average Bonchev–Trinajstić information content (AvgIpc) is 2.09. The van der Waals surface area contributed by atoms with Crippen molar-refractivity contribution in [1.29, 1.82) is 0 Å². The van der Waals surface area contributed by atoms with Crippen LogP contribution in [-0.4, -0.2) is 10.2 Å². The first kappa shape index (κ1) is 11.2. The minimum Gasteiger partial charge on any atom is -0.299 e. The second-order valence-corrected chi connectivity index (χ2v) is 4.78. The molecule has 0 bridgehead atoms. The highest BCUT2D eigenvalue weighted by Crippen LogP contribution is 2.11. The van der Waals surface area contributed by atoms with E-state index in [0.29, 0.717) is 18.6 Å². The van der Waals surface area contributed by atoms with Crippen molar-refractivity contribution in [2.45, 2.75) is 12.8 Å². The zero-order valence-electron chi connectivity index (χ0n) is 7.09. The number of halogens is 2. The lowest BCUT2D eigenvalue weighted by molar-refractivity contribution is -0.117. The number of benzene rings is 1. The molecular weight excluding hydrogens is 343 g/mol. The molecule has 0 heterocycles. The third kappa shape index (κ3) is 4.22. The van der Waals surface area contributed by atoms with Crippen LogP contribution in [0, 0.1) is 0 Å². The molecule has 0 saturated carbocycles. The Morgan fingerprint density at radius 1 is 1.31 bits per heavy atom. The normalized spacial score (nSPS) is 10.0. The quantitative estimate of drug-likeness (QED) is 0.599. The van der Waals surface area contributed by atoms with Crippen LogP contribution in [0.25, 0.3) is 0 Å². The number of carbonyl (C=O) groups is 1. The van der Waals surface area contributed by atoms with E-state index in [9.17, 15) is 4.79 Å². The lowest BCUT2D eigenvalue weighted by Gasteiger charge is -1.99. The van der Waals surface area contributed by atoms with E-state index in [4.69, 9.17) is 0 Å². The van der Waals surface area contributed by atoms with Crippen molar-refractivity contribution in [1.82, 2.24) is 0 Å². The van der Waals surface area contributed by atoms with Gasteiger partial charge in [0.1, 0.15) is 5.78 Å². The van der Waals surface area contributed by atoms with Gasteiger partial charge in [-0.1, -0.05) is 50.7 Å². The molecule has 0 radical (unpaired) electrons. The molecule has 1 rings (SSSR count). The van der Waals surface area contributed by atoms with Crippen molar-refractivity contribution in [2.75, 3.05) is 4.43 Å². The Bertz CT molecular complexity index is 281. The molecule has 1 nitrogen and oxygen atoms in total. The monoisotopic (exact) mass is 352 g/mol. The van der Waals surface area contributed by atoms with Gasteiger partial charge in [-0.25, -0.2) is 0 Å². The molecule has 0 aliphatic heterocycles. The Balaban J connectivity index is 2.54. The predicted molar refractivity (Wildman–Crippen MR) is 66.4 cm³/mol. The Hall–Kier alpha value is 0.1000. The molecule has 0 aliphatic rings. The minimum atomic E-state index is 0.316. The zero-order valence-corrected chi connectivity index (χ0v) is 10.8. The lowest BCUT2D eigenvalue weighted by Crippen LogP contribution is -2.02. The maximum Gasteiger partial charge on any atom is 0.138 e. The summed E-state index contributed by atoms with van der Waals surface area (Å²) < 4.78 is 1.96. The van der Waals surface area contributed by atoms with Gasteiger partial charge in [0.05, 0.1) is 0 Å². The summed E-state index contributed by atoms with van der Waals surface area (Å²) in [4.78, 5) is 11.3. The second-order valence-electron chi connectivity index (χ2n) is 2.78. The van der Waals surface area contributed by atoms with Crippen molar-refractivity contribution in [3.05, 3.63) is 34.3 Å². The first-order chi connectivity index (χ1) is 6.22. The smallest absolute Gasteiger partial charge is 0.138 e. The summed E-state index contributed by atoms with van der Waals surface area (Å²) in [5.41, 5.74) is 1.10. The molecule has 0 aromatic heterocycles. The van der Waals surface area contributed by atoms with E-state index in [1.54, 1.807) is 0 Å². The molecule has 0 atom stereocenters. The molecule has 0 fully saturated rings. The van der Waals surface area contributed by atoms with Crippen LogP contribution in [-0.2, 0) is 11.2 Å². The summed E-state index contributed by atoms with van der Waals surface area (Å²) in [5.74, 6) is 0.316. The standard InChI is InChI=1S/C10H10BrIO/c11-9-3-1-8(2-4-9)7-10(13)5-6-12/h1-4H,5-7H2. The summed E-state index contributed by atoms with van der Waals surface area (Å²) in [7, 11) is 0. The highest BCUT2D eigenvalue weighted by atomic mass is 127. The lowest BCUT2D eigenvalue weighted by atomic mass is 10.1. The van der Waals surface area contributed by atoms with Crippen LogP contribution in [0.15, 0.2) is 28.7 Å². The zero-order chi connectivity index (χ0) is 9.68. The van der Waals surface area contributed by atoms with E-state index in [0.717, 1.165) is 14.5 Å². The number of hydrogen-bond acceptors (Lipinski definition) is 1. The van der Waals surface area contributed by atoms with Crippen molar-refractivity contribution in [3.63, 3.8) is 0 Å². The van der Waals surface area contributed by atoms with Gasteiger partial charge < -0.3 is 0 Å². The number of Topliss-reactive ketones (excluding diaryl/α,β-unsaturated/α-hetero) is 1. The van der Waals surface area contributed by atoms with Crippen LogP contribution < -0.4 is 0 Å². The maximum atomic E-state index is 11.3. The summed E-state index contributed by atoms with van der Waals surface area (Å²) >= 11 is 5.58. The van der Waals surface area contributed by atoms with Crippen LogP contribution in [0.5, 0.6) is 0 Å². The molecule has 0 spiro atoms. The summed E-state index contributed by atoms with van der Waals surface area (Å²) in [5, 5.41) is 0. The van der Waals surface area contributed by atoms with Crippen LogP contribution in [0.1, 0.15) is 12.0 Å². The van der Waals surface area contributed by atoms with E-state index in [1.807, 2.05) is 24.3 Å².